The standard InChI is InChI=1S/C10H14N2O2/c1-3-4-12-5-7-8(6-12)10(14)11(2)9(7)13/h3,7-8H,1,4-6H2,2H3/t7-,8-/m0/s1. The topological polar surface area (TPSA) is 40.6 Å². The number of hydrogen-bond acceptors (Lipinski definition) is 3. The quantitative estimate of drug-likeness (QED) is 0.448. The van der Waals surface area contributed by atoms with Crippen LogP contribution in [-0.2, 0) is 9.59 Å². The molecule has 2 atom stereocenters. The van der Waals surface area contributed by atoms with Gasteiger partial charge >= 0.3 is 0 Å². The molecule has 2 aliphatic heterocycles. The van der Waals surface area contributed by atoms with Crippen molar-refractivity contribution in [1.82, 2.24) is 9.80 Å². The lowest BCUT2D eigenvalue weighted by atomic mass is 10.00. The average Bonchev–Trinajstić information content (AvgIpc) is 2.65. The first kappa shape index (κ1) is 9.40. The second-order valence-corrected chi connectivity index (χ2v) is 3.96. The van der Waals surface area contributed by atoms with Gasteiger partial charge in [-0.05, 0) is 0 Å². The number of nitrogens with zero attached hydrogens (tertiary/aromatic N) is 2. The third kappa shape index (κ3) is 1.18. The summed E-state index contributed by atoms with van der Waals surface area (Å²) in [6.45, 7) is 5.81. The van der Waals surface area contributed by atoms with Gasteiger partial charge in [0.05, 0.1) is 11.8 Å². The number of hydrogen-bond donors (Lipinski definition) is 0. The van der Waals surface area contributed by atoms with E-state index in [-0.39, 0.29) is 23.7 Å². The maximum Gasteiger partial charge on any atom is 0.234 e. The molecule has 4 nitrogen and oxygen atoms in total. The Morgan fingerprint density at radius 1 is 1.36 bits per heavy atom. The van der Waals surface area contributed by atoms with Gasteiger partial charge in [0, 0.05) is 26.7 Å². The van der Waals surface area contributed by atoms with Crippen molar-refractivity contribution in [2.24, 2.45) is 11.8 Å². The Morgan fingerprint density at radius 2 is 1.86 bits per heavy atom. The van der Waals surface area contributed by atoms with Crippen LogP contribution in [0.15, 0.2) is 12.7 Å². The summed E-state index contributed by atoms with van der Waals surface area (Å²) in [5.74, 6) is -0.252. The molecule has 0 aliphatic carbocycles. The third-order valence-corrected chi connectivity index (χ3v) is 3.08. The third-order valence-electron chi connectivity index (χ3n) is 3.08. The fourth-order valence-corrected chi connectivity index (χ4v) is 2.32. The summed E-state index contributed by atoms with van der Waals surface area (Å²) in [6.07, 6.45) is 1.81. The van der Waals surface area contributed by atoms with Crippen molar-refractivity contribution in [2.45, 2.75) is 0 Å². The SMILES string of the molecule is C=CCN1C[C@@H]2C(=O)N(C)C(=O)[C@H]2C1. The summed E-state index contributed by atoms with van der Waals surface area (Å²) in [5.41, 5.74) is 0. The summed E-state index contributed by atoms with van der Waals surface area (Å²) < 4.78 is 0. The van der Waals surface area contributed by atoms with Crippen LogP contribution in [0.25, 0.3) is 0 Å². The Morgan fingerprint density at radius 3 is 2.29 bits per heavy atom. The molecule has 0 radical (unpaired) electrons. The number of carbonyl (C=O) groups is 2. The van der Waals surface area contributed by atoms with Crippen LogP contribution in [0.3, 0.4) is 0 Å². The number of carbonyl (C=O) groups excluding carboxylic acids is 2. The maximum absolute atomic E-state index is 11.6. The van der Waals surface area contributed by atoms with Crippen molar-refractivity contribution in [1.29, 1.82) is 0 Å². The highest BCUT2D eigenvalue weighted by Gasteiger charge is 2.50. The zero-order chi connectivity index (χ0) is 10.3. The summed E-state index contributed by atoms with van der Waals surface area (Å²) >= 11 is 0. The first-order chi connectivity index (χ1) is 6.65. The number of rotatable bonds is 2. The van der Waals surface area contributed by atoms with E-state index < -0.39 is 0 Å². The highest BCUT2D eigenvalue weighted by Crippen LogP contribution is 2.32. The van der Waals surface area contributed by atoms with Gasteiger partial charge in [0.25, 0.3) is 0 Å². The molecule has 2 rings (SSSR count). The van der Waals surface area contributed by atoms with Gasteiger partial charge in [-0.15, -0.1) is 6.58 Å². The zero-order valence-electron chi connectivity index (χ0n) is 8.27. The van der Waals surface area contributed by atoms with E-state index in [1.165, 1.54) is 4.90 Å². The summed E-state index contributed by atoms with van der Waals surface area (Å²) in [7, 11) is 1.57. The van der Waals surface area contributed by atoms with Crippen LogP contribution in [0.4, 0.5) is 0 Å². The van der Waals surface area contributed by atoms with Crippen LogP contribution in [0, 0.1) is 11.8 Å². The van der Waals surface area contributed by atoms with Crippen molar-refractivity contribution in [2.75, 3.05) is 26.7 Å². The van der Waals surface area contributed by atoms with Crippen LogP contribution < -0.4 is 0 Å². The minimum Gasteiger partial charge on any atom is -0.298 e. The fourth-order valence-electron chi connectivity index (χ4n) is 2.32. The molecular formula is C10H14N2O2. The maximum atomic E-state index is 11.6. The van der Waals surface area contributed by atoms with Crippen molar-refractivity contribution in [3.63, 3.8) is 0 Å². The minimum atomic E-state index is -0.104. The minimum absolute atomic E-state index is 0.0217. The number of amides is 2. The molecule has 2 heterocycles. The van der Waals surface area contributed by atoms with Gasteiger partial charge in [-0.3, -0.25) is 19.4 Å². The predicted molar refractivity (Wildman–Crippen MR) is 51.4 cm³/mol. The smallest absolute Gasteiger partial charge is 0.234 e. The van der Waals surface area contributed by atoms with E-state index in [2.05, 4.69) is 11.5 Å². The van der Waals surface area contributed by atoms with Crippen molar-refractivity contribution in [3.8, 4) is 0 Å². The Kier molecular flexibility index (Phi) is 2.15. The Hall–Kier alpha value is -1.16. The van der Waals surface area contributed by atoms with Crippen molar-refractivity contribution < 1.29 is 9.59 Å². The van der Waals surface area contributed by atoms with E-state index in [1.807, 2.05) is 0 Å². The van der Waals surface area contributed by atoms with Crippen LogP contribution in [0.1, 0.15) is 0 Å². The molecule has 2 fully saturated rings. The molecule has 0 aromatic carbocycles. The molecule has 0 aromatic heterocycles. The molecule has 0 unspecified atom stereocenters. The molecule has 0 N–H and O–H groups in total. The molecule has 2 amide bonds. The predicted octanol–water partition coefficient (Wildman–Crippen LogP) is -0.281. The van der Waals surface area contributed by atoms with Crippen molar-refractivity contribution in [3.05, 3.63) is 12.7 Å². The van der Waals surface area contributed by atoms with Gasteiger partial charge in [-0.1, -0.05) is 6.08 Å². The van der Waals surface area contributed by atoms with E-state index in [0.717, 1.165) is 6.54 Å². The first-order valence-corrected chi connectivity index (χ1v) is 4.80. The summed E-state index contributed by atoms with van der Waals surface area (Å²) in [6, 6.07) is 0. The van der Waals surface area contributed by atoms with Gasteiger partial charge in [0.1, 0.15) is 0 Å². The van der Waals surface area contributed by atoms with Crippen LogP contribution >= 0.6 is 0 Å². The second kappa shape index (κ2) is 3.20. The van der Waals surface area contributed by atoms with Gasteiger partial charge in [0.15, 0.2) is 0 Å². The normalized spacial score (nSPS) is 32.5. The molecule has 2 saturated heterocycles. The molecular weight excluding hydrogens is 180 g/mol. The molecule has 14 heavy (non-hydrogen) atoms. The van der Waals surface area contributed by atoms with Crippen LogP contribution in [0.2, 0.25) is 0 Å². The Balaban J connectivity index is 2.12. The summed E-state index contributed by atoms with van der Waals surface area (Å²) in [5, 5.41) is 0. The first-order valence-electron chi connectivity index (χ1n) is 4.80. The Labute approximate surface area is 83.2 Å². The van der Waals surface area contributed by atoms with Gasteiger partial charge < -0.3 is 0 Å². The van der Waals surface area contributed by atoms with Crippen LogP contribution in [-0.4, -0.2) is 48.3 Å². The zero-order valence-corrected chi connectivity index (χ0v) is 8.27. The lowest BCUT2D eigenvalue weighted by molar-refractivity contribution is -0.138. The monoisotopic (exact) mass is 194 g/mol. The van der Waals surface area contributed by atoms with Crippen LogP contribution in [0.5, 0.6) is 0 Å². The van der Waals surface area contributed by atoms with E-state index >= 15 is 0 Å². The highest BCUT2D eigenvalue weighted by atomic mass is 16.2. The largest absolute Gasteiger partial charge is 0.298 e. The second-order valence-electron chi connectivity index (χ2n) is 3.96. The lowest BCUT2D eigenvalue weighted by Crippen LogP contribution is -2.33. The molecule has 4 heteroatoms. The van der Waals surface area contributed by atoms with E-state index in [1.54, 1.807) is 13.1 Å². The van der Waals surface area contributed by atoms with Gasteiger partial charge in [0.2, 0.25) is 11.8 Å². The lowest BCUT2D eigenvalue weighted by Gasteiger charge is -2.15. The van der Waals surface area contributed by atoms with E-state index in [9.17, 15) is 9.59 Å². The highest BCUT2D eigenvalue weighted by molar-refractivity contribution is 6.05. The van der Waals surface area contributed by atoms with Crippen molar-refractivity contribution >= 4 is 11.8 Å². The summed E-state index contributed by atoms with van der Waals surface area (Å²) in [4.78, 5) is 26.6. The number of fused-ring (bicyclic) bond motifs is 1. The van der Waals surface area contributed by atoms with Gasteiger partial charge in [-0.25, -0.2) is 0 Å². The molecule has 0 aromatic rings. The molecule has 2 aliphatic rings. The number of imide groups is 1. The number of likely N-dealkylation sites (tertiary alicyclic amines) is 2. The van der Waals surface area contributed by atoms with Gasteiger partial charge in [-0.2, -0.15) is 0 Å². The Bertz CT molecular complexity index is 276. The molecule has 0 saturated carbocycles. The molecule has 0 bridgehead atoms. The van der Waals surface area contributed by atoms with E-state index in [0.29, 0.717) is 13.1 Å². The molecule has 76 valence electrons. The fraction of sp³-hybridized carbons (Fsp3) is 0.600. The average molecular weight is 194 g/mol. The van der Waals surface area contributed by atoms with E-state index in [4.69, 9.17) is 0 Å². The molecule has 0 spiro atoms.